The van der Waals surface area contributed by atoms with Crippen LogP contribution in [-0.4, -0.2) is 26.5 Å². The molecule has 0 fully saturated rings. The average molecular weight is 420 g/mol. The number of anilines is 1. The molecule has 2 atom stereocenters. The summed E-state index contributed by atoms with van der Waals surface area (Å²) in [5.41, 5.74) is -0.277. The van der Waals surface area contributed by atoms with Gasteiger partial charge in [-0.15, -0.1) is 5.10 Å². The molecule has 0 aliphatic carbocycles. The lowest BCUT2D eigenvalue weighted by molar-refractivity contribution is 0.146. The first-order valence-electron chi connectivity index (χ1n) is 9.57. The summed E-state index contributed by atoms with van der Waals surface area (Å²) in [5, 5.41) is 21.6. The standard InChI is InChI=1S/C21H23F3N4O2/c1-11(7-8-29)28-10-17-16(9-18(28)30)13(3)26-27-21(17)25-12(2)14-5-4-6-15(19(14)22)20(23)24/h4-6,9-12,20,29H,7-8H2,1-3H3,(H,25,27)/t11?,12-/m1/s1. The van der Waals surface area contributed by atoms with Gasteiger partial charge in [0.25, 0.3) is 12.0 Å². The van der Waals surface area contributed by atoms with Crippen molar-refractivity contribution >= 4 is 16.6 Å². The van der Waals surface area contributed by atoms with Crippen LogP contribution >= 0.6 is 0 Å². The second kappa shape index (κ2) is 8.83. The highest BCUT2D eigenvalue weighted by Crippen LogP contribution is 2.30. The highest BCUT2D eigenvalue weighted by atomic mass is 19.3. The van der Waals surface area contributed by atoms with Crippen LogP contribution in [-0.2, 0) is 0 Å². The fourth-order valence-corrected chi connectivity index (χ4v) is 3.40. The molecule has 0 saturated heterocycles. The van der Waals surface area contributed by atoms with E-state index < -0.39 is 23.8 Å². The number of nitrogens with zero attached hydrogens (tertiary/aromatic N) is 3. The molecule has 2 heterocycles. The van der Waals surface area contributed by atoms with Crippen LogP contribution in [0, 0.1) is 12.7 Å². The lowest BCUT2D eigenvalue weighted by Gasteiger charge is -2.20. The molecule has 2 N–H and O–H groups in total. The number of hydrogen-bond donors (Lipinski definition) is 2. The first-order chi connectivity index (χ1) is 14.2. The number of aliphatic hydroxyl groups is 1. The highest BCUT2D eigenvalue weighted by Gasteiger charge is 2.21. The quantitative estimate of drug-likeness (QED) is 0.596. The minimum Gasteiger partial charge on any atom is -0.396 e. The van der Waals surface area contributed by atoms with Crippen molar-refractivity contribution in [3.63, 3.8) is 0 Å². The van der Waals surface area contributed by atoms with Gasteiger partial charge in [0.1, 0.15) is 5.82 Å². The molecule has 0 spiro atoms. The zero-order valence-electron chi connectivity index (χ0n) is 16.9. The van der Waals surface area contributed by atoms with Crippen molar-refractivity contribution in [2.45, 2.75) is 45.7 Å². The van der Waals surface area contributed by atoms with Gasteiger partial charge in [0.05, 0.1) is 17.3 Å². The monoisotopic (exact) mass is 420 g/mol. The zero-order chi connectivity index (χ0) is 22.0. The normalized spacial score (nSPS) is 13.6. The molecule has 0 bridgehead atoms. The summed E-state index contributed by atoms with van der Waals surface area (Å²) in [6, 6.07) is 4.39. The first kappa shape index (κ1) is 21.8. The van der Waals surface area contributed by atoms with Crippen LogP contribution in [0.15, 0.2) is 35.3 Å². The smallest absolute Gasteiger partial charge is 0.266 e. The summed E-state index contributed by atoms with van der Waals surface area (Å²) in [5.74, 6) is -0.666. The summed E-state index contributed by atoms with van der Waals surface area (Å²) >= 11 is 0. The number of alkyl halides is 2. The topological polar surface area (TPSA) is 80.0 Å². The van der Waals surface area contributed by atoms with Gasteiger partial charge in [-0.3, -0.25) is 4.79 Å². The number of fused-ring (bicyclic) bond motifs is 1. The molecule has 0 radical (unpaired) electrons. The van der Waals surface area contributed by atoms with E-state index in [0.29, 0.717) is 28.7 Å². The summed E-state index contributed by atoms with van der Waals surface area (Å²) in [6.07, 6.45) is -0.895. The number of nitrogens with one attached hydrogen (secondary N) is 1. The Hall–Kier alpha value is -2.94. The number of pyridine rings is 1. The Morgan fingerprint density at radius 3 is 2.53 bits per heavy atom. The number of aromatic nitrogens is 3. The van der Waals surface area contributed by atoms with Crippen molar-refractivity contribution in [1.82, 2.24) is 14.8 Å². The molecule has 1 unspecified atom stereocenters. The third-order valence-corrected chi connectivity index (χ3v) is 5.16. The number of benzene rings is 1. The summed E-state index contributed by atoms with van der Waals surface area (Å²) < 4.78 is 42.1. The Bertz CT molecular complexity index is 1120. The van der Waals surface area contributed by atoms with Gasteiger partial charge >= 0.3 is 0 Å². The maximum absolute atomic E-state index is 14.5. The van der Waals surface area contributed by atoms with Crippen LogP contribution in [0.5, 0.6) is 0 Å². The van der Waals surface area contributed by atoms with Gasteiger partial charge < -0.3 is 15.0 Å². The van der Waals surface area contributed by atoms with E-state index in [9.17, 15) is 23.1 Å². The molecule has 2 aromatic heterocycles. The minimum absolute atomic E-state index is 0.0683. The first-order valence-corrected chi connectivity index (χ1v) is 9.57. The Morgan fingerprint density at radius 1 is 1.17 bits per heavy atom. The molecule has 0 saturated carbocycles. The molecule has 9 heteroatoms. The van der Waals surface area contributed by atoms with Crippen molar-refractivity contribution in [3.05, 3.63) is 63.5 Å². The van der Waals surface area contributed by atoms with Crippen LogP contribution in [0.25, 0.3) is 10.8 Å². The van der Waals surface area contributed by atoms with E-state index >= 15 is 0 Å². The van der Waals surface area contributed by atoms with E-state index in [-0.39, 0.29) is 23.8 Å². The second-order valence-corrected chi connectivity index (χ2v) is 7.26. The van der Waals surface area contributed by atoms with Crippen molar-refractivity contribution in [2.24, 2.45) is 0 Å². The molecular formula is C21H23F3N4O2. The van der Waals surface area contributed by atoms with Gasteiger partial charge in [-0.2, -0.15) is 5.10 Å². The SMILES string of the molecule is Cc1nnc(N[C@H](C)c2cccc(C(F)F)c2F)c2cn(C(C)CCO)c(=O)cc12. The largest absolute Gasteiger partial charge is 0.396 e. The fourth-order valence-electron chi connectivity index (χ4n) is 3.40. The van der Waals surface area contributed by atoms with Gasteiger partial charge in [-0.25, -0.2) is 13.2 Å². The maximum Gasteiger partial charge on any atom is 0.266 e. The number of rotatable bonds is 7. The lowest BCUT2D eigenvalue weighted by atomic mass is 10.0. The predicted molar refractivity (Wildman–Crippen MR) is 108 cm³/mol. The molecule has 0 aliphatic heterocycles. The van der Waals surface area contributed by atoms with Crippen LogP contribution < -0.4 is 10.9 Å². The van der Waals surface area contributed by atoms with E-state index in [4.69, 9.17) is 0 Å². The third-order valence-electron chi connectivity index (χ3n) is 5.16. The summed E-state index contributed by atoms with van der Waals surface area (Å²) in [4.78, 5) is 12.5. The Balaban J connectivity index is 2.06. The predicted octanol–water partition coefficient (Wildman–Crippen LogP) is 4.29. The van der Waals surface area contributed by atoms with E-state index in [1.807, 2.05) is 6.92 Å². The number of hydrogen-bond acceptors (Lipinski definition) is 5. The van der Waals surface area contributed by atoms with Crippen molar-refractivity contribution in [3.8, 4) is 0 Å². The van der Waals surface area contributed by atoms with Gasteiger partial charge in [-0.1, -0.05) is 18.2 Å². The molecule has 160 valence electrons. The number of halogens is 3. The Morgan fingerprint density at radius 2 is 1.87 bits per heavy atom. The fraction of sp³-hybridized carbons (Fsp3) is 0.381. The average Bonchev–Trinajstić information content (AvgIpc) is 2.70. The molecular weight excluding hydrogens is 397 g/mol. The van der Waals surface area contributed by atoms with Gasteiger partial charge in [0.2, 0.25) is 0 Å². The molecule has 3 aromatic rings. The molecule has 6 nitrogen and oxygen atoms in total. The maximum atomic E-state index is 14.5. The van der Waals surface area contributed by atoms with Crippen LogP contribution in [0.4, 0.5) is 19.0 Å². The number of aryl methyl sites for hydroxylation is 1. The molecule has 30 heavy (non-hydrogen) atoms. The summed E-state index contributed by atoms with van der Waals surface area (Å²) in [7, 11) is 0. The minimum atomic E-state index is -2.92. The Labute approximate surface area is 171 Å². The third kappa shape index (κ3) is 4.16. The van der Waals surface area contributed by atoms with E-state index in [1.165, 1.54) is 22.8 Å². The van der Waals surface area contributed by atoms with Gasteiger partial charge in [0.15, 0.2) is 5.82 Å². The second-order valence-electron chi connectivity index (χ2n) is 7.26. The van der Waals surface area contributed by atoms with Crippen molar-refractivity contribution < 1.29 is 18.3 Å². The van der Waals surface area contributed by atoms with Gasteiger partial charge in [-0.05, 0) is 27.2 Å². The highest BCUT2D eigenvalue weighted by molar-refractivity contribution is 5.92. The van der Waals surface area contributed by atoms with Crippen molar-refractivity contribution in [2.75, 3.05) is 11.9 Å². The molecule has 0 aliphatic rings. The molecule has 1 aromatic carbocycles. The molecule has 3 rings (SSSR count). The van der Waals surface area contributed by atoms with Gasteiger partial charge in [0, 0.05) is 41.2 Å². The van der Waals surface area contributed by atoms with Crippen LogP contribution in [0.1, 0.15) is 55.6 Å². The van der Waals surface area contributed by atoms with Crippen molar-refractivity contribution in [1.29, 1.82) is 0 Å². The zero-order valence-corrected chi connectivity index (χ0v) is 16.9. The molecule has 0 amide bonds. The van der Waals surface area contributed by atoms with E-state index in [1.54, 1.807) is 20.0 Å². The van der Waals surface area contributed by atoms with E-state index in [0.717, 1.165) is 6.07 Å². The number of aliphatic hydroxyl groups excluding tert-OH is 1. The van der Waals surface area contributed by atoms with Crippen LogP contribution in [0.2, 0.25) is 0 Å². The Kier molecular flexibility index (Phi) is 6.40. The lowest BCUT2D eigenvalue weighted by Crippen LogP contribution is -2.23. The van der Waals surface area contributed by atoms with E-state index in [2.05, 4.69) is 15.5 Å². The van der Waals surface area contributed by atoms with Crippen LogP contribution in [0.3, 0.4) is 0 Å². The summed E-state index contributed by atoms with van der Waals surface area (Å²) in [6.45, 7) is 5.09.